The van der Waals surface area contributed by atoms with Crippen LogP contribution in [0.25, 0.3) is 0 Å². The van der Waals surface area contributed by atoms with Crippen LogP contribution in [0.3, 0.4) is 0 Å². The van der Waals surface area contributed by atoms with Crippen molar-refractivity contribution in [3.8, 4) is 0 Å². The van der Waals surface area contributed by atoms with E-state index in [0.717, 1.165) is 44.3 Å². The van der Waals surface area contributed by atoms with Gasteiger partial charge in [0.25, 0.3) is 0 Å². The fourth-order valence-corrected chi connectivity index (χ4v) is 2.96. The van der Waals surface area contributed by atoms with Crippen LogP contribution in [-0.4, -0.2) is 34.2 Å². The Kier molecular flexibility index (Phi) is 4.96. The van der Waals surface area contributed by atoms with Gasteiger partial charge in [-0.05, 0) is 37.5 Å². The minimum Gasteiger partial charge on any atom is -0.424 e. The monoisotopic (exact) mass is 314 g/mol. The number of hydrogen-bond acceptors (Lipinski definition) is 5. The number of nitrogens with zero attached hydrogens (tertiary/aromatic N) is 3. The van der Waals surface area contributed by atoms with Gasteiger partial charge in [0.05, 0.1) is 6.54 Å². The first-order valence-corrected chi connectivity index (χ1v) is 8.48. The summed E-state index contributed by atoms with van der Waals surface area (Å²) in [5, 5.41) is 11.9. The van der Waals surface area contributed by atoms with Crippen molar-refractivity contribution in [2.75, 3.05) is 18.4 Å². The molecule has 1 saturated heterocycles. The smallest absolute Gasteiger partial charge is 0.230 e. The predicted molar refractivity (Wildman–Crippen MR) is 91.5 cm³/mol. The van der Waals surface area contributed by atoms with Crippen molar-refractivity contribution >= 4 is 5.69 Å². The van der Waals surface area contributed by atoms with E-state index in [1.165, 1.54) is 11.3 Å². The second-order valence-electron chi connectivity index (χ2n) is 6.75. The molecule has 124 valence electrons. The Morgan fingerprint density at radius 1 is 1.26 bits per heavy atom. The molecule has 0 amide bonds. The lowest BCUT2D eigenvalue weighted by Gasteiger charge is -2.32. The molecule has 23 heavy (non-hydrogen) atoms. The number of aromatic nitrogens is 2. The molecule has 3 rings (SSSR count). The zero-order chi connectivity index (χ0) is 16.2. The van der Waals surface area contributed by atoms with Crippen LogP contribution in [0.15, 0.2) is 28.7 Å². The van der Waals surface area contributed by atoms with Gasteiger partial charge in [0.2, 0.25) is 11.8 Å². The van der Waals surface area contributed by atoms with Gasteiger partial charge < -0.3 is 9.73 Å². The first kappa shape index (κ1) is 16.0. The maximum Gasteiger partial charge on any atom is 0.230 e. The molecule has 5 heteroatoms. The molecule has 2 heterocycles. The number of likely N-dealkylation sites (tertiary alicyclic amines) is 1. The molecule has 1 aromatic carbocycles. The molecule has 0 spiro atoms. The van der Waals surface area contributed by atoms with Crippen molar-refractivity contribution in [1.82, 2.24) is 15.1 Å². The summed E-state index contributed by atoms with van der Waals surface area (Å²) in [7, 11) is 0. The average molecular weight is 314 g/mol. The highest BCUT2D eigenvalue weighted by molar-refractivity contribution is 5.46. The lowest BCUT2D eigenvalue weighted by Crippen LogP contribution is -2.38. The summed E-state index contributed by atoms with van der Waals surface area (Å²) < 4.78 is 5.70. The first-order chi connectivity index (χ1) is 11.1. The van der Waals surface area contributed by atoms with E-state index in [4.69, 9.17) is 4.42 Å². The van der Waals surface area contributed by atoms with E-state index >= 15 is 0 Å². The topological polar surface area (TPSA) is 54.2 Å². The number of aryl methyl sites for hydroxylation is 1. The number of nitrogens with one attached hydrogen (secondary N) is 1. The van der Waals surface area contributed by atoms with Gasteiger partial charge in [0.15, 0.2) is 0 Å². The van der Waals surface area contributed by atoms with Crippen LogP contribution < -0.4 is 5.32 Å². The third kappa shape index (κ3) is 4.32. The van der Waals surface area contributed by atoms with Crippen molar-refractivity contribution in [2.24, 2.45) is 0 Å². The highest BCUT2D eigenvalue weighted by Gasteiger charge is 2.21. The van der Waals surface area contributed by atoms with Gasteiger partial charge in [-0.3, -0.25) is 4.90 Å². The molecule has 0 bridgehead atoms. The lowest BCUT2D eigenvalue weighted by atomic mass is 10.0. The largest absolute Gasteiger partial charge is 0.424 e. The third-order valence-electron chi connectivity index (χ3n) is 4.31. The molecule has 1 fully saturated rings. The van der Waals surface area contributed by atoms with E-state index in [0.29, 0.717) is 12.0 Å². The zero-order valence-corrected chi connectivity index (χ0v) is 14.2. The van der Waals surface area contributed by atoms with Crippen LogP contribution in [0, 0.1) is 6.92 Å². The van der Waals surface area contributed by atoms with Gasteiger partial charge in [0, 0.05) is 30.7 Å². The molecule has 0 atom stereocenters. The second-order valence-corrected chi connectivity index (χ2v) is 6.75. The van der Waals surface area contributed by atoms with Crippen molar-refractivity contribution in [3.63, 3.8) is 0 Å². The van der Waals surface area contributed by atoms with Gasteiger partial charge in [-0.2, -0.15) is 0 Å². The van der Waals surface area contributed by atoms with Crippen molar-refractivity contribution in [1.29, 1.82) is 0 Å². The van der Waals surface area contributed by atoms with E-state index in [-0.39, 0.29) is 0 Å². The molecule has 0 radical (unpaired) electrons. The summed E-state index contributed by atoms with van der Waals surface area (Å²) >= 11 is 0. The van der Waals surface area contributed by atoms with Crippen LogP contribution in [-0.2, 0) is 6.54 Å². The molecule has 5 nitrogen and oxygen atoms in total. The van der Waals surface area contributed by atoms with Crippen LogP contribution in [0.4, 0.5) is 5.69 Å². The zero-order valence-electron chi connectivity index (χ0n) is 14.2. The molecule has 1 N–H and O–H groups in total. The quantitative estimate of drug-likeness (QED) is 0.914. The van der Waals surface area contributed by atoms with E-state index in [1.54, 1.807) is 0 Å². The fourth-order valence-electron chi connectivity index (χ4n) is 2.96. The van der Waals surface area contributed by atoms with Gasteiger partial charge >= 0.3 is 0 Å². The van der Waals surface area contributed by atoms with E-state index < -0.39 is 0 Å². The Hall–Kier alpha value is -1.88. The minimum atomic E-state index is 0.292. The predicted octanol–water partition coefficient (Wildman–Crippen LogP) is 3.58. The Labute approximate surface area is 138 Å². The number of anilines is 1. The van der Waals surface area contributed by atoms with Crippen LogP contribution in [0.2, 0.25) is 0 Å². The fraction of sp³-hybridized carbons (Fsp3) is 0.556. The summed E-state index contributed by atoms with van der Waals surface area (Å²) in [6, 6.07) is 9.13. The molecular formula is C18H26N4O. The maximum atomic E-state index is 5.70. The van der Waals surface area contributed by atoms with E-state index in [9.17, 15) is 0 Å². The molecule has 1 aliphatic rings. The van der Waals surface area contributed by atoms with Crippen molar-refractivity contribution in [2.45, 2.75) is 52.1 Å². The van der Waals surface area contributed by atoms with Gasteiger partial charge in [-0.1, -0.05) is 26.0 Å². The van der Waals surface area contributed by atoms with Gasteiger partial charge in [0.1, 0.15) is 0 Å². The summed E-state index contributed by atoms with van der Waals surface area (Å²) in [5.41, 5.74) is 2.52. The molecular weight excluding hydrogens is 288 g/mol. The number of piperidine rings is 1. The van der Waals surface area contributed by atoms with Crippen molar-refractivity contribution in [3.05, 3.63) is 41.6 Å². The highest BCUT2D eigenvalue weighted by Crippen LogP contribution is 2.19. The van der Waals surface area contributed by atoms with Crippen LogP contribution >= 0.6 is 0 Å². The Balaban J connectivity index is 1.48. The normalized spacial score (nSPS) is 16.9. The average Bonchev–Trinajstić information content (AvgIpc) is 2.98. The molecule has 0 saturated carbocycles. The summed E-state index contributed by atoms with van der Waals surface area (Å²) in [6.45, 7) is 9.14. The maximum absolute atomic E-state index is 5.70. The minimum absolute atomic E-state index is 0.292. The Bertz CT molecular complexity index is 629. The van der Waals surface area contributed by atoms with Crippen molar-refractivity contribution < 1.29 is 4.42 Å². The number of rotatable bonds is 5. The number of hydrogen-bond donors (Lipinski definition) is 1. The van der Waals surface area contributed by atoms with E-state index in [1.807, 2.05) is 0 Å². The van der Waals surface area contributed by atoms with E-state index in [2.05, 4.69) is 65.5 Å². The standard InChI is InChI=1S/C18H26N4O/c1-13(2)18-21-20-17(23-18)12-22-9-7-15(8-10-22)19-16-6-4-5-14(3)11-16/h4-6,11,13,15,19H,7-10,12H2,1-3H3. The highest BCUT2D eigenvalue weighted by atomic mass is 16.4. The van der Waals surface area contributed by atoms with Gasteiger partial charge in [-0.15, -0.1) is 10.2 Å². The Morgan fingerprint density at radius 3 is 2.70 bits per heavy atom. The Morgan fingerprint density at radius 2 is 2.04 bits per heavy atom. The molecule has 2 aromatic rings. The number of benzene rings is 1. The molecule has 1 aromatic heterocycles. The summed E-state index contributed by atoms with van der Waals surface area (Å²) in [5.74, 6) is 1.76. The summed E-state index contributed by atoms with van der Waals surface area (Å²) in [4.78, 5) is 2.39. The SMILES string of the molecule is Cc1cccc(NC2CCN(Cc3nnc(C(C)C)o3)CC2)c1. The van der Waals surface area contributed by atoms with Gasteiger partial charge in [-0.25, -0.2) is 0 Å². The van der Waals surface area contributed by atoms with Crippen LogP contribution in [0.1, 0.15) is 50.0 Å². The lowest BCUT2D eigenvalue weighted by molar-refractivity contribution is 0.191. The second kappa shape index (κ2) is 7.13. The molecule has 0 unspecified atom stereocenters. The summed E-state index contributed by atoms with van der Waals surface area (Å²) in [6.07, 6.45) is 2.28. The molecule has 1 aliphatic heterocycles. The molecule has 0 aliphatic carbocycles. The third-order valence-corrected chi connectivity index (χ3v) is 4.31. The first-order valence-electron chi connectivity index (χ1n) is 8.48. The van der Waals surface area contributed by atoms with Crippen LogP contribution in [0.5, 0.6) is 0 Å².